The topological polar surface area (TPSA) is 56.0 Å². The van der Waals surface area contributed by atoms with Crippen LogP contribution in [-0.4, -0.2) is 10.1 Å². The lowest BCUT2D eigenvalue weighted by Gasteiger charge is -2.11. The summed E-state index contributed by atoms with van der Waals surface area (Å²) in [5, 5.41) is -0.382. The van der Waals surface area contributed by atoms with Crippen LogP contribution in [0.3, 0.4) is 0 Å². The molecule has 0 spiro atoms. The van der Waals surface area contributed by atoms with E-state index in [0.717, 1.165) is 5.56 Å². The van der Waals surface area contributed by atoms with Gasteiger partial charge < -0.3 is 5.73 Å². The van der Waals surface area contributed by atoms with Crippen LogP contribution >= 0.6 is 35.8 Å². The highest BCUT2D eigenvalue weighted by Crippen LogP contribution is 2.38. The fourth-order valence-electron chi connectivity index (χ4n) is 1.57. The molecule has 0 radical (unpaired) electrons. The number of halogens is 2. The van der Waals surface area contributed by atoms with Gasteiger partial charge in [0, 0.05) is 5.56 Å². The molecule has 6 heteroatoms. The van der Waals surface area contributed by atoms with E-state index in [-0.39, 0.29) is 21.6 Å². The Bertz CT molecular complexity index is 617. The summed E-state index contributed by atoms with van der Waals surface area (Å²) in [4.78, 5) is 15.2. The molecule has 2 rings (SSSR count). The molecule has 1 aromatic heterocycles. The average molecular weight is 299 g/mol. The molecule has 0 amide bonds. The highest BCUT2D eigenvalue weighted by Gasteiger charge is 2.19. The van der Waals surface area contributed by atoms with Crippen molar-refractivity contribution in [2.75, 3.05) is 5.73 Å². The largest absolute Gasteiger partial charge is 0.397 e. The van der Waals surface area contributed by atoms with Crippen molar-refractivity contribution >= 4 is 46.6 Å². The van der Waals surface area contributed by atoms with Gasteiger partial charge >= 0.3 is 0 Å². The van der Waals surface area contributed by atoms with Gasteiger partial charge in [0.2, 0.25) is 5.12 Å². The Morgan fingerprint density at radius 1 is 1.22 bits per heavy atom. The van der Waals surface area contributed by atoms with Crippen LogP contribution in [0.5, 0.6) is 0 Å². The normalized spacial score (nSPS) is 10.4. The van der Waals surface area contributed by atoms with Gasteiger partial charge in [-0.2, -0.15) is 0 Å². The Hall–Kier alpha value is -1.23. The third-order valence-electron chi connectivity index (χ3n) is 2.40. The van der Waals surface area contributed by atoms with Crippen LogP contribution in [0, 0.1) is 0 Å². The van der Waals surface area contributed by atoms with Crippen molar-refractivity contribution in [3.05, 3.63) is 46.2 Å². The Morgan fingerprint density at radius 3 is 2.39 bits per heavy atom. The second kappa shape index (κ2) is 5.18. The number of hydrogen-bond donors (Lipinski definition) is 2. The molecule has 0 bridgehead atoms. The van der Waals surface area contributed by atoms with E-state index >= 15 is 0 Å². The molecule has 1 heterocycles. The lowest BCUT2D eigenvalue weighted by atomic mass is 10.1. The summed E-state index contributed by atoms with van der Waals surface area (Å²) < 4.78 is 0. The highest BCUT2D eigenvalue weighted by atomic mass is 35.5. The molecule has 0 unspecified atom stereocenters. The number of nitrogens with two attached hydrogens (primary N) is 1. The molecule has 18 heavy (non-hydrogen) atoms. The van der Waals surface area contributed by atoms with Crippen molar-refractivity contribution in [3.8, 4) is 11.1 Å². The van der Waals surface area contributed by atoms with E-state index in [4.69, 9.17) is 28.9 Å². The summed E-state index contributed by atoms with van der Waals surface area (Å²) >= 11 is 15.7. The van der Waals surface area contributed by atoms with Gasteiger partial charge in [0.25, 0.3) is 0 Å². The molecule has 0 aliphatic heterocycles. The second-order valence-corrected chi connectivity index (χ2v) is 4.67. The molecule has 0 aliphatic rings. The lowest BCUT2D eigenvalue weighted by molar-refractivity contribution is 0.108. The van der Waals surface area contributed by atoms with Gasteiger partial charge in [-0.05, 0) is 5.56 Å². The van der Waals surface area contributed by atoms with Crippen molar-refractivity contribution in [2.24, 2.45) is 0 Å². The first-order chi connectivity index (χ1) is 8.52. The number of anilines is 1. The number of pyridine rings is 1. The molecule has 0 saturated heterocycles. The van der Waals surface area contributed by atoms with E-state index in [0.29, 0.717) is 5.56 Å². The van der Waals surface area contributed by atoms with E-state index in [1.54, 1.807) is 0 Å². The summed E-state index contributed by atoms with van der Waals surface area (Å²) in [5.74, 6) is 0. The summed E-state index contributed by atoms with van der Waals surface area (Å²) in [6, 6.07) is 9.22. The number of nitrogen functional groups attached to an aromatic ring is 1. The third kappa shape index (κ3) is 2.32. The van der Waals surface area contributed by atoms with E-state index in [1.807, 2.05) is 30.3 Å². The Morgan fingerprint density at radius 2 is 1.83 bits per heavy atom. The van der Waals surface area contributed by atoms with E-state index < -0.39 is 5.12 Å². The fraction of sp³-hybridized carbons (Fsp3) is 0. The minimum Gasteiger partial charge on any atom is -0.397 e. The first-order valence-corrected chi connectivity index (χ1v) is 6.16. The van der Waals surface area contributed by atoms with Crippen molar-refractivity contribution in [1.29, 1.82) is 0 Å². The Labute approximate surface area is 119 Å². The maximum absolute atomic E-state index is 11.2. The predicted octanol–water partition coefficient (Wildman–Crippen LogP) is 3.71. The Balaban J connectivity index is 2.71. The SMILES string of the molecule is Nc1c(Cl)c(C(=O)S)nc(Cl)c1-c1ccccc1. The van der Waals surface area contributed by atoms with Crippen LogP contribution in [0.25, 0.3) is 11.1 Å². The minimum absolute atomic E-state index is 0.0396. The zero-order valence-electron chi connectivity index (χ0n) is 9.02. The number of rotatable bonds is 2. The predicted molar refractivity (Wildman–Crippen MR) is 77.4 cm³/mol. The van der Waals surface area contributed by atoms with E-state index in [9.17, 15) is 4.79 Å². The lowest BCUT2D eigenvalue weighted by Crippen LogP contribution is -2.03. The molecule has 92 valence electrons. The molecule has 2 N–H and O–H groups in total. The highest BCUT2D eigenvalue weighted by molar-refractivity contribution is 7.97. The fourth-order valence-corrected chi connectivity index (χ4v) is 2.32. The van der Waals surface area contributed by atoms with Crippen molar-refractivity contribution < 1.29 is 4.79 Å². The van der Waals surface area contributed by atoms with Crippen molar-refractivity contribution in [1.82, 2.24) is 4.98 Å². The number of carbonyl (C=O) groups is 1. The summed E-state index contributed by atoms with van der Waals surface area (Å²) in [6.45, 7) is 0. The third-order valence-corrected chi connectivity index (χ3v) is 3.26. The maximum atomic E-state index is 11.2. The first-order valence-electron chi connectivity index (χ1n) is 4.95. The minimum atomic E-state index is -0.576. The summed E-state index contributed by atoms with van der Waals surface area (Å²) in [5.41, 5.74) is 7.39. The van der Waals surface area contributed by atoms with Gasteiger partial charge in [-0.3, -0.25) is 4.79 Å². The molecule has 1 aromatic carbocycles. The van der Waals surface area contributed by atoms with Crippen molar-refractivity contribution in [2.45, 2.75) is 0 Å². The second-order valence-electron chi connectivity index (χ2n) is 3.53. The number of carbonyl (C=O) groups excluding carboxylic acids is 1. The number of aromatic nitrogens is 1. The number of thiol groups is 1. The molecule has 0 saturated carbocycles. The zero-order valence-corrected chi connectivity index (χ0v) is 11.4. The Kier molecular flexibility index (Phi) is 3.80. The van der Waals surface area contributed by atoms with E-state index in [2.05, 4.69) is 17.6 Å². The van der Waals surface area contributed by atoms with Crippen molar-refractivity contribution in [3.63, 3.8) is 0 Å². The zero-order chi connectivity index (χ0) is 13.3. The van der Waals surface area contributed by atoms with Gasteiger partial charge in [-0.25, -0.2) is 4.98 Å². The first kappa shape index (κ1) is 13.2. The maximum Gasteiger partial charge on any atom is 0.236 e. The monoisotopic (exact) mass is 298 g/mol. The van der Waals surface area contributed by atoms with Crippen LogP contribution < -0.4 is 5.73 Å². The molecule has 0 fully saturated rings. The molecule has 0 atom stereocenters. The number of benzene rings is 1. The molecular weight excluding hydrogens is 291 g/mol. The van der Waals surface area contributed by atoms with Crippen LogP contribution in [0.4, 0.5) is 5.69 Å². The van der Waals surface area contributed by atoms with Gasteiger partial charge in [0.15, 0.2) is 0 Å². The van der Waals surface area contributed by atoms with Gasteiger partial charge in [0.1, 0.15) is 10.8 Å². The van der Waals surface area contributed by atoms with Crippen LogP contribution in [0.1, 0.15) is 10.5 Å². The smallest absolute Gasteiger partial charge is 0.236 e. The van der Waals surface area contributed by atoms with Crippen LogP contribution in [0.15, 0.2) is 30.3 Å². The molecule has 2 aromatic rings. The van der Waals surface area contributed by atoms with Gasteiger partial charge in [-0.15, -0.1) is 0 Å². The standard InChI is InChI=1S/C12H8Cl2N2OS/c13-8-9(15)7(6-4-2-1-3-5-6)11(14)16-10(8)12(17)18/h1-5H,(H2,15,16)(H,17,18). The quantitative estimate of drug-likeness (QED) is 0.656. The van der Waals surface area contributed by atoms with Gasteiger partial charge in [-0.1, -0.05) is 66.2 Å². The number of hydrogen-bond acceptors (Lipinski definition) is 3. The van der Waals surface area contributed by atoms with Crippen LogP contribution in [0.2, 0.25) is 10.2 Å². The molecule has 3 nitrogen and oxygen atoms in total. The summed E-state index contributed by atoms with van der Waals surface area (Å²) in [6.07, 6.45) is 0. The average Bonchev–Trinajstić information content (AvgIpc) is 2.35. The number of nitrogens with zero attached hydrogens (tertiary/aromatic N) is 1. The molecule has 0 aliphatic carbocycles. The van der Waals surface area contributed by atoms with E-state index in [1.165, 1.54) is 0 Å². The molecular formula is C12H8Cl2N2OS. The van der Waals surface area contributed by atoms with Gasteiger partial charge in [0.05, 0.1) is 10.7 Å². The summed E-state index contributed by atoms with van der Waals surface area (Å²) in [7, 11) is 0. The van der Waals surface area contributed by atoms with Crippen LogP contribution in [-0.2, 0) is 0 Å².